The van der Waals surface area contributed by atoms with Gasteiger partial charge in [-0.2, -0.15) is 0 Å². The van der Waals surface area contributed by atoms with Crippen molar-refractivity contribution in [3.05, 3.63) is 89.0 Å². The smallest absolute Gasteiger partial charge is 0.228 e. The molecule has 0 aromatic heterocycles. The Bertz CT molecular complexity index is 935. The summed E-state index contributed by atoms with van der Waals surface area (Å²) in [4.78, 5) is 12.5. The number of aryl methyl sites for hydroxylation is 1. The van der Waals surface area contributed by atoms with E-state index < -0.39 is 0 Å². The van der Waals surface area contributed by atoms with Crippen molar-refractivity contribution in [1.82, 2.24) is 0 Å². The Balaban J connectivity index is 1.94. The molecule has 0 fully saturated rings. The van der Waals surface area contributed by atoms with E-state index in [1.54, 1.807) is 32.0 Å². The van der Waals surface area contributed by atoms with E-state index in [9.17, 15) is 13.6 Å². The molecule has 0 atom stereocenters. The predicted octanol–water partition coefficient (Wildman–Crippen LogP) is 5.43. The van der Waals surface area contributed by atoms with Gasteiger partial charge in [-0.3, -0.25) is 4.79 Å². The molecule has 0 radical (unpaired) electrons. The third-order valence-corrected chi connectivity index (χ3v) is 4.31. The maximum absolute atomic E-state index is 14.4. The molecule has 0 aliphatic carbocycles. The van der Waals surface area contributed by atoms with Gasteiger partial charge in [0.15, 0.2) is 0 Å². The first-order valence-electron chi connectivity index (χ1n) is 8.35. The molecule has 0 heterocycles. The third-order valence-electron chi connectivity index (χ3n) is 4.31. The standard InChI is InChI=1S/C22H19F2NO/c1-14-12-19(17-6-4-3-5-7-17)22(15(2)21(14)24)25-20(26)13-16-8-10-18(23)11-9-16/h3-12H,13H2,1-2H3,(H,25,26). The fourth-order valence-corrected chi connectivity index (χ4v) is 2.94. The van der Waals surface area contributed by atoms with Crippen LogP contribution in [0.25, 0.3) is 11.1 Å². The van der Waals surface area contributed by atoms with Crippen LogP contribution in [0.4, 0.5) is 14.5 Å². The van der Waals surface area contributed by atoms with E-state index in [2.05, 4.69) is 5.32 Å². The lowest BCUT2D eigenvalue weighted by atomic mass is 9.97. The summed E-state index contributed by atoms with van der Waals surface area (Å²) in [5.41, 5.74) is 3.75. The van der Waals surface area contributed by atoms with Gasteiger partial charge in [0, 0.05) is 11.1 Å². The number of hydrogen-bond acceptors (Lipinski definition) is 1. The SMILES string of the molecule is Cc1cc(-c2ccccc2)c(NC(=O)Cc2ccc(F)cc2)c(C)c1F. The second-order valence-corrected chi connectivity index (χ2v) is 6.27. The molecule has 0 spiro atoms. The highest BCUT2D eigenvalue weighted by molar-refractivity contribution is 5.97. The molecule has 3 rings (SSSR count). The van der Waals surface area contributed by atoms with Crippen LogP contribution in [0.2, 0.25) is 0 Å². The van der Waals surface area contributed by atoms with Gasteiger partial charge in [0.2, 0.25) is 5.91 Å². The highest BCUT2D eigenvalue weighted by Gasteiger charge is 2.17. The van der Waals surface area contributed by atoms with Crippen LogP contribution in [0.3, 0.4) is 0 Å². The summed E-state index contributed by atoms with van der Waals surface area (Å²) in [5.74, 6) is -0.959. The Labute approximate surface area is 151 Å². The molecule has 1 N–H and O–H groups in total. The summed E-state index contributed by atoms with van der Waals surface area (Å²) in [6, 6.07) is 17.0. The van der Waals surface area contributed by atoms with Crippen molar-refractivity contribution in [2.45, 2.75) is 20.3 Å². The van der Waals surface area contributed by atoms with E-state index >= 15 is 0 Å². The zero-order chi connectivity index (χ0) is 18.7. The molecule has 26 heavy (non-hydrogen) atoms. The molecular formula is C22H19F2NO. The van der Waals surface area contributed by atoms with Crippen LogP contribution >= 0.6 is 0 Å². The molecule has 0 saturated carbocycles. The topological polar surface area (TPSA) is 29.1 Å². The maximum atomic E-state index is 14.4. The van der Waals surface area contributed by atoms with Crippen molar-refractivity contribution in [2.75, 3.05) is 5.32 Å². The van der Waals surface area contributed by atoms with Crippen LogP contribution in [0.5, 0.6) is 0 Å². The Kier molecular flexibility index (Phi) is 5.12. The molecule has 4 heteroatoms. The first-order valence-corrected chi connectivity index (χ1v) is 8.35. The molecule has 1 amide bonds. The van der Waals surface area contributed by atoms with Gasteiger partial charge in [0.05, 0.1) is 12.1 Å². The molecule has 0 bridgehead atoms. The van der Waals surface area contributed by atoms with E-state index in [0.717, 1.165) is 11.1 Å². The van der Waals surface area contributed by atoms with Crippen LogP contribution in [0.15, 0.2) is 60.7 Å². The van der Waals surface area contributed by atoms with Gasteiger partial charge < -0.3 is 5.32 Å². The summed E-state index contributed by atoms with van der Waals surface area (Å²) in [5, 5.41) is 2.84. The number of carbonyl (C=O) groups excluding carboxylic acids is 1. The van der Waals surface area contributed by atoms with Crippen molar-refractivity contribution in [3.63, 3.8) is 0 Å². The number of amides is 1. The largest absolute Gasteiger partial charge is 0.325 e. The Morgan fingerprint density at radius 3 is 2.27 bits per heavy atom. The van der Waals surface area contributed by atoms with Crippen LogP contribution in [-0.2, 0) is 11.2 Å². The zero-order valence-electron chi connectivity index (χ0n) is 14.6. The molecule has 2 nitrogen and oxygen atoms in total. The average Bonchev–Trinajstić information content (AvgIpc) is 2.64. The van der Waals surface area contributed by atoms with Crippen molar-refractivity contribution < 1.29 is 13.6 Å². The average molecular weight is 351 g/mol. The minimum Gasteiger partial charge on any atom is -0.325 e. The van der Waals surface area contributed by atoms with Gasteiger partial charge in [0.1, 0.15) is 11.6 Å². The van der Waals surface area contributed by atoms with Crippen LogP contribution in [-0.4, -0.2) is 5.91 Å². The van der Waals surface area contributed by atoms with Gasteiger partial charge in [-0.15, -0.1) is 0 Å². The maximum Gasteiger partial charge on any atom is 0.228 e. The predicted molar refractivity (Wildman–Crippen MR) is 100 cm³/mol. The summed E-state index contributed by atoms with van der Waals surface area (Å²) >= 11 is 0. The quantitative estimate of drug-likeness (QED) is 0.667. The van der Waals surface area contributed by atoms with Crippen LogP contribution in [0, 0.1) is 25.5 Å². The highest BCUT2D eigenvalue weighted by atomic mass is 19.1. The molecule has 0 aliphatic heterocycles. The van der Waals surface area contributed by atoms with Crippen molar-refractivity contribution in [3.8, 4) is 11.1 Å². The third kappa shape index (κ3) is 3.80. The highest BCUT2D eigenvalue weighted by Crippen LogP contribution is 2.34. The van der Waals surface area contributed by atoms with Gasteiger partial charge in [-0.1, -0.05) is 42.5 Å². The number of carbonyl (C=O) groups is 1. The van der Waals surface area contributed by atoms with E-state index in [0.29, 0.717) is 22.4 Å². The van der Waals surface area contributed by atoms with Crippen LogP contribution < -0.4 is 5.32 Å². The van der Waals surface area contributed by atoms with Gasteiger partial charge >= 0.3 is 0 Å². The number of anilines is 1. The first kappa shape index (κ1) is 17.8. The van der Waals surface area contributed by atoms with Gasteiger partial charge in [-0.05, 0) is 48.7 Å². The summed E-state index contributed by atoms with van der Waals surface area (Å²) in [6.45, 7) is 3.36. The second-order valence-electron chi connectivity index (χ2n) is 6.27. The molecular weight excluding hydrogens is 332 g/mol. The fourth-order valence-electron chi connectivity index (χ4n) is 2.94. The number of hydrogen-bond donors (Lipinski definition) is 1. The Morgan fingerprint density at radius 2 is 1.62 bits per heavy atom. The lowest BCUT2D eigenvalue weighted by Crippen LogP contribution is -2.16. The van der Waals surface area contributed by atoms with Crippen molar-refractivity contribution in [2.24, 2.45) is 0 Å². The summed E-state index contributed by atoms with van der Waals surface area (Å²) in [7, 11) is 0. The molecule has 3 aromatic rings. The van der Waals surface area contributed by atoms with E-state index in [1.807, 2.05) is 30.3 Å². The molecule has 0 aliphatic rings. The summed E-state index contributed by atoms with van der Waals surface area (Å²) < 4.78 is 27.4. The number of benzene rings is 3. The van der Waals surface area contributed by atoms with E-state index in [1.165, 1.54) is 12.1 Å². The first-order chi connectivity index (χ1) is 12.5. The van der Waals surface area contributed by atoms with Gasteiger partial charge in [0.25, 0.3) is 0 Å². The van der Waals surface area contributed by atoms with Crippen molar-refractivity contribution >= 4 is 11.6 Å². The Hall–Kier alpha value is -3.01. The summed E-state index contributed by atoms with van der Waals surface area (Å²) in [6.07, 6.45) is 0.0868. The normalized spacial score (nSPS) is 10.6. The zero-order valence-corrected chi connectivity index (χ0v) is 14.6. The second kappa shape index (κ2) is 7.48. The minimum absolute atomic E-state index is 0.0868. The van der Waals surface area contributed by atoms with Crippen molar-refractivity contribution in [1.29, 1.82) is 0 Å². The van der Waals surface area contributed by atoms with E-state index in [-0.39, 0.29) is 24.0 Å². The number of rotatable bonds is 4. The fraction of sp³-hybridized carbons (Fsp3) is 0.136. The van der Waals surface area contributed by atoms with E-state index in [4.69, 9.17) is 0 Å². The van der Waals surface area contributed by atoms with Gasteiger partial charge in [-0.25, -0.2) is 8.78 Å². The molecule has 132 valence electrons. The lowest BCUT2D eigenvalue weighted by Gasteiger charge is -2.17. The molecule has 0 unspecified atom stereocenters. The number of halogens is 2. The molecule has 3 aromatic carbocycles. The molecule has 0 saturated heterocycles. The lowest BCUT2D eigenvalue weighted by molar-refractivity contribution is -0.115. The number of nitrogens with one attached hydrogen (secondary N) is 1. The monoisotopic (exact) mass is 351 g/mol. The van der Waals surface area contributed by atoms with Crippen LogP contribution in [0.1, 0.15) is 16.7 Å². The minimum atomic E-state index is -0.350. The Morgan fingerprint density at radius 1 is 0.962 bits per heavy atom.